The number of carbonyl (C=O) groups is 1. The highest BCUT2D eigenvalue weighted by molar-refractivity contribution is 5.89. The molecule has 2 heteroatoms. The van der Waals surface area contributed by atoms with Crippen molar-refractivity contribution in [2.75, 3.05) is 0 Å². The Hall–Kier alpha value is -0.790. The van der Waals surface area contributed by atoms with Crippen LogP contribution < -0.4 is 5.32 Å². The molecule has 0 aromatic carbocycles. The van der Waals surface area contributed by atoms with Crippen LogP contribution in [0, 0.1) is 40.4 Å². The summed E-state index contributed by atoms with van der Waals surface area (Å²) in [5.41, 5.74) is 0.756. The predicted octanol–water partition coefficient (Wildman–Crippen LogP) is 4.56. The number of fused-ring (bicyclic) bond motifs is 5. The molecule has 0 radical (unpaired) electrons. The fourth-order valence-electron chi connectivity index (χ4n) is 7.46. The van der Waals surface area contributed by atoms with Crippen molar-refractivity contribution in [3.63, 3.8) is 0 Å². The maximum atomic E-state index is 11.8. The van der Waals surface area contributed by atoms with Crippen LogP contribution in [0.2, 0.25) is 0 Å². The first-order valence-electron chi connectivity index (χ1n) is 9.90. The lowest BCUT2D eigenvalue weighted by atomic mass is 9.45. The van der Waals surface area contributed by atoms with Crippen LogP contribution in [-0.2, 0) is 4.79 Å². The molecule has 3 fully saturated rings. The summed E-state index contributed by atoms with van der Waals surface area (Å²) >= 11 is 0. The molecular formula is C21H33NO. The van der Waals surface area contributed by atoms with E-state index in [0.29, 0.717) is 11.5 Å². The highest BCUT2D eigenvalue weighted by Gasteiger charge is 2.60. The first-order valence-corrected chi connectivity index (χ1v) is 9.90. The lowest BCUT2D eigenvalue weighted by molar-refractivity contribution is -0.125. The minimum absolute atomic E-state index is 0.116. The van der Waals surface area contributed by atoms with Crippen LogP contribution in [0.15, 0.2) is 12.2 Å². The van der Waals surface area contributed by atoms with Gasteiger partial charge in [0.1, 0.15) is 0 Å². The second-order valence-electron chi connectivity index (χ2n) is 9.49. The molecule has 3 saturated carbocycles. The topological polar surface area (TPSA) is 29.1 Å². The van der Waals surface area contributed by atoms with Crippen LogP contribution in [0.25, 0.3) is 0 Å². The second-order valence-corrected chi connectivity index (χ2v) is 9.49. The minimum atomic E-state index is 0.116. The number of rotatable bonds is 1. The van der Waals surface area contributed by atoms with Gasteiger partial charge < -0.3 is 5.32 Å². The predicted molar refractivity (Wildman–Crippen MR) is 93.8 cm³/mol. The van der Waals surface area contributed by atoms with Crippen molar-refractivity contribution in [2.45, 2.75) is 72.3 Å². The fourth-order valence-corrected chi connectivity index (χ4v) is 7.46. The van der Waals surface area contributed by atoms with Gasteiger partial charge in [-0.1, -0.05) is 40.2 Å². The third-order valence-corrected chi connectivity index (χ3v) is 8.75. The molecule has 3 aliphatic carbocycles. The van der Waals surface area contributed by atoms with Gasteiger partial charge in [-0.2, -0.15) is 0 Å². The molecule has 0 aromatic heterocycles. The van der Waals surface area contributed by atoms with Gasteiger partial charge in [0.05, 0.1) is 0 Å². The van der Waals surface area contributed by atoms with Crippen LogP contribution in [-0.4, -0.2) is 11.9 Å². The summed E-state index contributed by atoms with van der Waals surface area (Å²) in [6, 6.07) is 0.351. The fraction of sp³-hybridized carbons (Fsp3) is 0.857. The van der Waals surface area contributed by atoms with Gasteiger partial charge in [0.15, 0.2) is 0 Å². The van der Waals surface area contributed by atoms with Crippen LogP contribution >= 0.6 is 0 Å². The highest BCUT2D eigenvalue weighted by atomic mass is 16.1. The summed E-state index contributed by atoms with van der Waals surface area (Å²) in [6.07, 6.45) is 12.2. The molecule has 0 aromatic rings. The minimum Gasteiger partial charge on any atom is -0.349 e. The maximum absolute atomic E-state index is 11.8. The Labute approximate surface area is 141 Å². The van der Waals surface area contributed by atoms with Crippen LogP contribution in [0.1, 0.15) is 66.2 Å². The molecule has 0 saturated heterocycles. The van der Waals surface area contributed by atoms with Crippen LogP contribution in [0.4, 0.5) is 0 Å². The molecule has 1 N–H and O–H groups in total. The normalized spacial score (nSPS) is 54.9. The number of hydrogen-bond acceptors (Lipinski definition) is 1. The molecule has 8 atom stereocenters. The van der Waals surface area contributed by atoms with Gasteiger partial charge in [-0.25, -0.2) is 0 Å². The van der Waals surface area contributed by atoms with Crippen molar-refractivity contribution in [2.24, 2.45) is 40.4 Å². The van der Waals surface area contributed by atoms with Crippen molar-refractivity contribution in [1.29, 1.82) is 0 Å². The summed E-state index contributed by atoms with van der Waals surface area (Å²) in [6.45, 7) is 9.89. The zero-order chi connectivity index (χ0) is 16.4. The van der Waals surface area contributed by atoms with Crippen molar-refractivity contribution in [3.8, 4) is 0 Å². The van der Waals surface area contributed by atoms with Gasteiger partial charge in [-0.3, -0.25) is 4.79 Å². The lowest BCUT2D eigenvalue weighted by Crippen LogP contribution is -2.61. The lowest BCUT2D eigenvalue weighted by Gasteiger charge is -2.61. The van der Waals surface area contributed by atoms with Gasteiger partial charge >= 0.3 is 0 Å². The molecule has 4 rings (SSSR count). The van der Waals surface area contributed by atoms with Crippen molar-refractivity contribution < 1.29 is 4.79 Å². The Balaban J connectivity index is 1.71. The molecule has 4 aliphatic rings. The van der Waals surface area contributed by atoms with E-state index in [0.717, 1.165) is 36.0 Å². The number of amides is 1. The molecule has 1 heterocycles. The van der Waals surface area contributed by atoms with E-state index in [4.69, 9.17) is 0 Å². The SMILES string of the molecule is CC[C@H]1CC[C@H]2[C@@H]3[C@@H](C)C[C@H]4NC(=O)C=C[C@]4(C)[C@H]3CC[C@]12C. The van der Waals surface area contributed by atoms with Gasteiger partial charge in [-0.15, -0.1) is 0 Å². The van der Waals surface area contributed by atoms with Crippen LogP contribution in [0.3, 0.4) is 0 Å². The van der Waals surface area contributed by atoms with E-state index in [2.05, 4.69) is 39.1 Å². The number of hydrogen-bond donors (Lipinski definition) is 1. The summed E-state index contributed by atoms with van der Waals surface area (Å²) in [5, 5.41) is 3.29. The second kappa shape index (κ2) is 5.10. The van der Waals surface area contributed by atoms with Crippen molar-refractivity contribution in [1.82, 2.24) is 5.32 Å². The van der Waals surface area contributed by atoms with Gasteiger partial charge in [0, 0.05) is 11.5 Å². The molecule has 0 spiro atoms. The van der Waals surface area contributed by atoms with E-state index in [1.54, 1.807) is 6.08 Å². The van der Waals surface area contributed by atoms with Crippen molar-refractivity contribution in [3.05, 3.63) is 12.2 Å². The molecule has 0 unspecified atom stereocenters. The largest absolute Gasteiger partial charge is 0.349 e. The highest BCUT2D eigenvalue weighted by Crippen LogP contribution is 2.66. The van der Waals surface area contributed by atoms with E-state index < -0.39 is 0 Å². The monoisotopic (exact) mass is 315 g/mol. The standard InChI is InChI=1S/C21H33NO/c1-5-14-6-7-15-19-13(2)12-17-21(4,11-9-18(23)22-17)16(19)8-10-20(14,15)3/h9,11,13-17,19H,5-8,10,12H2,1-4H3,(H,22,23)/t13-,14-,15-,16-,17+,19-,20+,21+/m0/s1. The number of nitrogens with one attached hydrogen (secondary N) is 1. The Bertz CT molecular complexity index is 540. The van der Waals surface area contributed by atoms with E-state index >= 15 is 0 Å². The third kappa shape index (κ3) is 2.02. The summed E-state index contributed by atoms with van der Waals surface area (Å²) in [4.78, 5) is 11.8. The van der Waals surface area contributed by atoms with Gasteiger partial charge in [0.2, 0.25) is 5.91 Å². The molecule has 1 aliphatic heterocycles. The Morgan fingerprint density at radius 2 is 2.00 bits per heavy atom. The van der Waals surface area contributed by atoms with E-state index in [9.17, 15) is 4.79 Å². The quantitative estimate of drug-likeness (QED) is 0.755. The average Bonchev–Trinajstić information content (AvgIpc) is 2.85. The van der Waals surface area contributed by atoms with Crippen molar-refractivity contribution >= 4 is 5.91 Å². The molecule has 0 bridgehead atoms. The van der Waals surface area contributed by atoms with Gasteiger partial charge in [-0.05, 0) is 73.2 Å². The van der Waals surface area contributed by atoms with E-state index in [1.807, 2.05) is 0 Å². The molecular weight excluding hydrogens is 282 g/mol. The van der Waals surface area contributed by atoms with E-state index in [-0.39, 0.29) is 11.3 Å². The third-order valence-electron chi connectivity index (χ3n) is 8.75. The summed E-state index contributed by atoms with van der Waals surface area (Å²) < 4.78 is 0. The average molecular weight is 316 g/mol. The zero-order valence-electron chi connectivity index (χ0n) is 15.3. The first-order chi connectivity index (χ1) is 10.9. The summed E-state index contributed by atoms with van der Waals surface area (Å²) in [5.74, 6) is 4.31. The molecule has 23 heavy (non-hydrogen) atoms. The van der Waals surface area contributed by atoms with Gasteiger partial charge in [0.25, 0.3) is 0 Å². The smallest absolute Gasteiger partial charge is 0.243 e. The molecule has 2 nitrogen and oxygen atoms in total. The molecule has 1 amide bonds. The number of carbonyl (C=O) groups excluding carboxylic acids is 1. The Kier molecular flexibility index (Phi) is 3.49. The first kappa shape index (κ1) is 15.7. The maximum Gasteiger partial charge on any atom is 0.243 e. The zero-order valence-corrected chi connectivity index (χ0v) is 15.3. The van der Waals surface area contributed by atoms with Crippen LogP contribution in [0.5, 0.6) is 0 Å². The summed E-state index contributed by atoms with van der Waals surface area (Å²) in [7, 11) is 0. The van der Waals surface area contributed by atoms with E-state index in [1.165, 1.54) is 32.1 Å². The Morgan fingerprint density at radius 3 is 2.74 bits per heavy atom. The Morgan fingerprint density at radius 1 is 1.22 bits per heavy atom. The molecule has 128 valence electrons.